The standard InChI is InChI=1S/C15H16FN5O/c1-10-18-19-14-9-17-15(20-4-6-22-7-5-20)12-8-11(16)2-3-13(12)21(10)14/h2-3,8H,4-7,9H2,1H3. The van der Waals surface area contributed by atoms with E-state index in [1.807, 2.05) is 11.5 Å². The lowest BCUT2D eigenvalue weighted by molar-refractivity contribution is 0.0682. The van der Waals surface area contributed by atoms with Crippen molar-refractivity contribution >= 4 is 5.84 Å². The number of rotatable bonds is 0. The number of hydrogen-bond acceptors (Lipinski definition) is 5. The molecule has 7 heteroatoms. The van der Waals surface area contributed by atoms with Gasteiger partial charge in [0.05, 0.1) is 18.9 Å². The van der Waals surface area contributed by atoms with Crippen molar-refractivity contribution in [3.05, 3.63) is 41.2 Å². The molecule has 1 aromatic heterocycles. The monoisotopic (exact) mass is 301 g/mol. The Labute approximate surface area is 127 Å². The van der Waals surface area contributed by atoms with Crippen molar-refractivity contribution in [3.63, 3.8) is 0 Å². The number of benzene rings is 1. The van der Waals surface area contributed by atoms with Crippen molar-refractivity contribution in [1.29, 1.82) is 0 Å². The van der Waals surface area contributed by atoms with Crippen LogP contribution in [-0.4, -0.2) is 51.8 Å². The molecule has 3 heterocycles. The van der Waals surface area contributed by atoms with E-state index in [1.165, 1.54) is 12.1 Å². The number of amidine groups is 1. The molecule has 0 aliphatic carbocycles. The number of aliphatic imine (C=N–C) groups is 1. The third kappa shape index (κ3) is 2.09. The first-order valence-corrected chi connectivity index (χ1v) is 7.32. The highest BCUT2D eigenvalue weighted by molar-refractivity contribution is 6.02. The van der Waals surface area contributed by atoms with Crippen LogP contribution in [0.15, 0.2) is 23.2 Å². The van der Waals surface area contributed by atoms with Crippen molar-refractivity contribution in [2.45, 2.75) is 13.5 Å². The first-order chi connectivity index (χ1) is 10.7. The van der Waals surface area contributed by atoms with Gasteiger partial charge in [-0.3, -0.25) is 9.56 Å². The molecule has 2 aliphatic heterocycles. The number of ether oxygens (including phenoxy) is 1. The predicted molar refractivity (Wildman–Crippen MR) is 78.7 cm³/mol. The van der Waals surface area contributed by atoms with Crippen LogP contribution >= 0.6 is 0 Å². The molecule has 1 saturated heterocycles. The molecule has 1 fully saturated rings. The van der Waals surface area contributed by atoms with Gasteiger partial charge in [0.15, 0.2) is 5.82 Å². The van der Waals surface area contributed by atoms with Crippen molar-refractivity contribution < 1.29 is 9.13 Å². The number of aryl methyl sites for hydroxylation is 1. The molecule has 0 spiro atoms. The van der Waals surface area contributed by atoms with E-state index < -0.39 is 0 Å². The van der Waals surface area contributed by atoms with Crippen molar-refractivity contribution in [2.75, 3.05) is 26.3 Å². The summed E-state index contributed by atoms with van der Waals surface area (Å²) in [5.41, 5.74) is 1.66. The summed E-state index contributed by atoms with van der Waals surface area (Å²) in [6.45, 7) is 5.17. The average molecular weight is 301 g/mol. The summed E-state index contributed by atoms with van der Waals surface area (Å²) in [6, 6.07) is 4.77. The zero-order valence-electron chi connectivity index (χ0n) is 12.3. The lowest BCUT2D eigenvalue weighted by Gasteiger charge is -2.30. The lowest BCUT2D eigenvalue weighted by Crippen LogP contribution is -2.41. The van der Waals surface area contributed by atoms with Crippen LogP contribution in [0, 0.1) is 12.7 Å². The van der Waals surface area contributed by atoms with E-state index >= 15 is 0 Å². The van der Waals surface area contributed by atoms with Gasteiger partial charge in [0.25, 0.3) is 0 Å². The number of morpholine rings is 1. The maximum Gasteiger partial charge on any atom is 0.159 e. The van der Waals surface area contributed by atoms with Gasteiger partial charge < -0.3 is 9.64 Å². The van der Waals surface area contributed by atoms with Gasteiger partial charge in [-0.05, 0) is 25.1 Å². The Morgan fingerprint density at radius 3 is 2.82 bits per heavy atom. The van der Waals surface area contributed by atoms with E-state index in [-0.39, 0.29) is 5.82 Å². The molecule has 114 valence electrons. The molecule has 0 saturated carbocycles. The third-order valence-electron chi connectivity index (χ3n) is 4.01. The van der Waals surface area contributed by atoms with Gasteiger partial charge in [-0.15, -0.1) is 10.2 Å². The maximum absolute atomic E-state index is 13.8. The molecule has 4 rings (SSSR count). The summed E-state index contributed by atoms with van der Waals surface area (Å²) in [7, 11) is 0. The largest absolute Gasteiger partial charge is 0.378 e. The SMILES string of the molecule is Cc1nnc2n1-c1ccc(F)cc1C(N1CCOCC1)=NC2. The second-order valence-electron chi connectivity index (χ2n) is 5.40. The van der Waals surface area contributed by atoms with Crippen LogP contribution in [0.4, 0.5) is 4.39 Å². The Kier molecular flexibility index (Phi) is 3.15. The lowest BCUT2D eigenvalue weighted by atomic mass is 10.1. The van der Waals surface area contributed by atoms with Crippen LogP contribution in [0.2, 0.25) is 0 Å². The number of nitrogens with zero attached hydrogens (tertiary/aromatic N) is 5. The minimum atomic E-state index is -0.270. The van der Waals surface area contributed by atoms with E-state index in [0.29, 0.717) is 19.8 Å². The molecule has 6 nitrogen and oxygen atoms in total. The molecule has 0 radical (unpaired) electrons. The second-order valence-corrected chi connectivity index (χ2v) is 5.40. The number of fused-ring (bicyclic) bond motifs is 3. The van der Waals surface area contributed by atoms with Gasteiger partial charge in [-0.25, -0.2) is 4.39 Å². The molecule has 0 unspecified atom stereocenters. The minimum absolute atomic E-state index is 0.270. The summed E-state index contributed by atoms with van der Waals surface area (Å²) in [6.07, 6.45) is 0. The highest BCUT2D eigenvalue weighted by atomic mass is 19.1. The molecule has 0 atom stereocenters. The summed E-state index contributed by atoms with van der Waals surface area (Å²) in [5.74, 6) is 2.09. The normalized spacial score (nSPS) is 17.5. The number of aromatic nitrogens is 3. The van der Waals surface area contributed by atoms with E-state index in [9.17, 15) is 4.39 Å². The van der Waals surface area contributed by atoms with Crippen molar-refractivity contribution in [2.24, 2.45) is 4.99 Å². The van der Waals surface area contributed by atoms with E-state index in [2.05, 4.69) is 20.1 Å². The van der Waals surface area contributed by atoms with Crippen molar-refractivity contribution in [3.8, 4) is 5.69 Å². The molecular formula is C15H16FN5O. The fourth-order valence-electron chi connectivity index (χ4n) is 2.98. The van der Waals surface area contributed by atoms with Crippen LogP contribution in [0.5, 0.6) is 0 Å². The van der Waals surface area contributed by atoms with Gasteiger partial charge in [0.2, 0.25) is 0 Å². The second kappa shape index (κ2) is 5.17. The number of hydrogen-bond donors (Lipinski definition) is 0. The fraction of sp³-hybridized carbons (Fsp3) is 0.400. The van der Waals surface area contributed by atoms with E-state index in [1.54, 1.807) is 6.07 Å². The highest BCUT2D eigenvalue weighted by Crippen LogP contribution is 2.25. The molecule has 2 aliphatic rings. The van der Waals surface area contributed by atoms with Crippen molar-refractivity contribution in [1.82, 2.24) is 19.7 Å². The molecule has 2 aromatic rings. The van der Waals surface area contributed by atoms with Gasteiger partial charge in [-0.1, -0.05) is 0 Å². The van der Waals surface area contributed by atoms with Crippen LogP contribution in [0.3, 0.4) is 0 Å². The Hall–Kier alpha value is -2.28. The van der Waals surface area contributed by atoms with E-state index in [0.717, 1.165) is 41.8 Å². The Morgan fingerprint density at radius 2 is 2.00 bits per heavy atom. The number of halogens is 1. The topological polar surface area (TPSA) is 55.5 Å². The maximum atomic E-state index is 13.8. The molecule has 0 amide bonds. The predicted octanol–water partition coefficient (Wildman–Crippen LogP) is 1.31. The average Bonchev–Trinajstić information content (AvgIpc) is 2.82. The zero-order chi connectivity index (χ0) is 15.1. The quantitative estimate of drug-likeness (QED) is 0.736. The van der Waals surface area contributed by atoms with Gasteiger partial charge in [0.1, 0.15) is 24.0 Å². The summed E-state index contributed by atoms with van der Waals surface area (Å²) >= 11 is 0. The molecule has 0 bridgehead atoms. The Balaban J connectivity index is 1.89. The van der Waals surface area contributed by atoms with Crippen LogP contribution in [-0.2, 0) is 11.3 Å². The summed E-state index contributed by atoms with van der Waals surface area (Å²) in [4.78, 5) is 6.83. The van der Waals surface area contributed by atoms with Gasteiger partial charge >= 0.3 is 0 Å². The smallest absolute Gasteiger partial charge is 0.159 e. The van der Waals surface area contributed by atoms with Gasteiger partial charge in [0, 0.05) is 18.7 Å². The van der Waals surface area contributed by atoms with Crippen LogP contribution < -0.4 is 0 Å². The Morgan fingerprint density at radius 1 is 1.18 bits per heavy atom. The van der Waals surface area contributed by atoms with Gasteiger partial charge in [-0.2, -0.15) is 0 Å². The minimum Gasteiger partial charge on any atom is -0.378 e. The van der Waals surface area contributed by atoms with Crippen LogP contribution in [0.1, 0.15) is 17.2 Å². The zero-order valence-corrected chi connectivity index (χ0v) is 12.3. The molecular weight excluding hydrogens is 285 g/mol. The van der Waals surface area contributed by atoms with E-state index in [4.69, 9.17) is 4.74 Å². The molecule has 1 aromatic carbocycles. The first kappa shape index (κ1) is 13.4. The first-order valence-electron chi connectivity index (χ1n) is 7.32. The third-order valence-corrected chi connectivity index (χ3v) is 4.01. The fourth-order valence-corrected chi connectivity index (χ4v) is 2.98. The Bertz CT molecular complexity index is 748. The highest BCUT2D eigenvalue weighted by Gasteiger charge is 2.25. The summed E-state index contributed by atoms with van der Waals surface area (Å²) in [5, 5.41) is 8.30. The summed E-state index contributed by atoms with van der Waals surface area (Å²) < 4.78 is 21.2. The molecule has 22 heavy (non-hydrogen) atoms. The molecule has 0 N–H and O–H groups in total. The van der Waals surface area contributed by atoms with Crippen LogP contribution in [0.25, 0.3) is 5.69 Å².